The fourth-order valence-corrected chi connectivity index (χ4v) is 3.03. The summed E-state index contributed by atoms with van der Waals surface area (Å²) in [5.41, 5.74) is 1.83. The highest BCUT2D eigenvalue weighted by molar-refractivity contribution is 7.84. The maximum absolute atomic E-state index is 12.3. The van der Waals surface area contributed by atoms with Crippen LogP contribution in [0.25, 0.3) is 0 Å². The fraction of sp³-hybridized carbons (Fsp3) is 0.200. The van der Waals surface area contributed by atoms with Crippen molar-refractivity contribution in [2.45, 2.75) is 17.3 Å². The van der Waals surface area contributed by atoms with Crippen LogP contribution in [0.2, 0.25) is 0 Å². The highest BCUT2D eigenvalue weighted by atomic mass is 32.2. The Morgan fingerprint density at radius 2 is 1.68 bits per heavy atom. The molecule has 0 aromatic heterocycles. The third-order valence-corrected chi connectivity index (χ3v) is 4.24. The second-order valence-electron chi connectivity index (χ2n) is 4.12. The van der Waals surface area contributed by atoms with E-state index in [4.69, 9.17) is 9.84 Å². The van der Waals surface area contributed by atoms with E-state index in [-0.39, 0.29) is 6.61 Å². The van der Waals surface area contributed by atoms with Crippen LogP contribution in [0, 0.1) is 0 Å². The van der Waals surface area contributed by atoms with Gasteiger partial charge < -0.3 is 9.84 Å². The van der Waals surface area contributed by atoms with E-state index >= 15 is 0 Å². The first-order valence-corrected chi connectivity index (χ1v) is 7.26. The van der Waals surface area contributed by atoms with Gasteiger partial charge in [-0.05, 0) is 23.3 Å². The van der Waals surface area contributed by atoms with Gasteiger partial charge in [0.05, 0.1) is 35.2 Å². The average Bonchev–Trinajstić information content (AvgIpc) is 2.48. The molecule has 0 heterocycles. The second kappa shape index (κ2) is 6.50. The molecule has 1 atom stereocenters. The molecule has 2 aromatic carbocycles. The predicted molar refractivity (Wildman–Crippen MR) is 75.5 cm³/mol. The number of hydrogen-bond donors (Lipinski definition) is 1. The van der Waals surface area contributed by atoms with E-state index in [0.29, 0.717) is 16.4 Å². The van der Waals surface area contributed by atoms with Crippen LogP contribution < -0.4 is 4.74 Å². The number of hydrogen-bond acceptors (Lipinski definition) is 3. The number of rotatable bonds is 5. The first-order valence-electron chi connectivity index (χ1n) is 5.94. The zero-order valence-electron chi connectivity index (χ0n) is 10.7. The molecule has 2 rings (SSSR count). The van der Waals surface area contributed by atoms with Gasteiger partial charge in [0.1, 0.15) is 5.75 Å². The number of methoxy groups -OCH3 is 1. The van der Waals surface area contributed by atoms with Crippen LogP contribution in [-0.2, 0) is 23.2 Å². The summed E-state index contributed by atoms with van der Waals surface area (Å²) in [6.07, 6.45) is 0. The standard InChI is InChI=1S/C15H16O3S/c1-18-14-4-2-3-5-15(14)19(17)11-13-8-6-12(10-16)7-9-13/h2-9,16H,10-11H2,1H3. The Balaban J connectivity index is 2.16. The van der Waals surface area contributed by atoms with Crippen LogP contribution in [0.4, 0.5) is 0 Å². The van der Waals surface area contributed by atoms with Gasteiger partial charge in [-0.2, -0.15) is 0 Å². The Labute approximate surface area is 115 Å². The Morgan fingerprint density at radius 3 is 2.32 bits per heavy atom. The Kier molecular flexibility index (Phi) is 4.71. The largest absolute Gasteiger partial charge is 0.495 e. The molecule has 0 aliphatic rings. The number of benzene rings is 2. The smallest absolute Gasteiger partial charge is 0.134 e. The minimum absolute atomic E-state index is 0.0237. The molecule has 0 spiro atoms. The second-order valence-corrected chi connectivity index (χ2v) is 5.53. The molecule has 0 aliphatic carbocycles. The summed E-state index contributed by atoms with van der Waals surface area (Å²) in [7, 11) is 0.434. The van der Waals surface area contributed by atoms with Gasteiger partial charge in [-0.1, -0.05) is 36.4 Å². The van der Waals surface area contributed by atoms with E-state index in [9.17, 15) is 4.21 Å². The molecule has 4 heteroatoms. The van der Waals surface area contributed by atoms with Gasteiger partial charge in [0.25, 0.3) is 0 Å². The van der Waals surface area contributed by atoms with Gasteiger partial charge in [0, 0.05) is 0 Å². The van der Waals surface area contributed by atoms with Gasteiger partial charge in [0.15, 0.2) is 0 Å². The van der Waals surface area contributed by atoms with E-state index < -0.39 is 10.8 Å². The molecule has 3 nitrogen and oxygen atoms in total. The maximum atomic E-state index is 12.3. The van der Waals surface area contributed by atoms with Crippen LogP contribution in [0.3, 0.4) is 0 Å². The summed E-state index contributed by atoms with van der Waals surface area (Å²) in [4.78, 5) is 0.705. The number of aliphatic hydroxyl groups is 1. The molecule has 100 valence electrons. The SMILES string of the molecule is COc1ccccc1S(=O)Cc1ccc(CO)cc1. The molecule has 19 heavy (non-hydrogen) atoms. The molecule has 2 aromatic rings. The van der Waals surface area contributed by atoms with Gasteiger partial charge in [0.2, 0.25) is 0 Å². The van der Waals surface area contributed by atoms with Crippen molar-refractivity contribution in [1.82, 2.24) is 0 Å². The van der Waals surface area contributed by atoms with Crippen molar-refractivity contribution < 1.29 is 14.1 Å². The van der Waals surface area contributed by atoms with Crippen LogP contribution in [0.15, 0.2) is 53.4 Å². The van der Waals surface area contributed by atoms with E-state index in [1.165, 1.54) is 0 Å². The molecular formula is C15H16O3S. The lowest BCUT2D eigenvalue weighted by Crippen LogP contribution is -1.99. The van der Waals surface area contributed by atoms with Crippen molar-refractivity contribution in [2.24, 2.45) is 0 Å². The molecule has 0 saturated heterocycles. The zero-order chi connectivity index (χ0) is 13.7. The first-order chi connectivity index (χ1) is 9.24. The molecule has 0 saturated carbocycles. The lowest BCUT2D eigenvalue weighted by atomic mass is 10.2. The monoisotopic (exact) mass is 276 g/mol. The quantitative estimate of drug-likeness (QED) is 0.912. The number of ether oxygens (including phenoxy) is 1. The van der Waals surface area contributed by atoms with Crippen molar-refractivity contribution >= 4 is 10.8 Å². The van der Waals surface area contributed by atoms with Crippen LogP contribution in [0.5, 0.6) is 5.75 Å². The molecular weight excluding hydrogens is 260 g/mol. The summed E-state index contributed by atoms with van der Waals surface area (Å²) in [5.74, 6) is 1.08. The van der Waals surface area contributed by atoms with Crippen molar-refractivity contribution in [3.63, 3.8) is 0 Å². The lowest BCUT2D eigenvalue weighted by molar-refractivity contribution is 0.282. The van der Waals surface area contributed by atoms with E-state index in [0.717, 1.165) is 11.1 Å². The normalized spacial score (nSPS) is 12.1. The van der Waals surface area contributed by atoms with Crippen molar-refractivity contribution in [3.05, 3.63) is 59.7 Å². The average molecular weight is 276 g/mol. The van der Waals surface area contributed by atoms with Gasteiger partial charge in [-0.3, -0.25) is 4.21 Å². The third kappa shape index (κ3) is 3.43. The van der Waals surface area contributed by atoms with E-state index in [1.54, 1.807) is 7.11 Å². The van der Waals surface area contributed by atoms with Crippen molar-refractivity contribution in [2.75, 3.05) is 7.11 Å². The van der Waals surface area contributed by atoms with Crippen LogP contribution >= 0.6 is 0 Å². The predicted octanol–water partition coefficient (Wildman–Crippen LogP) is 2.50. The maximum Gasteiger partial charge on any atom is 0.134 e. The number of aliphatic hydroxyl groups excluding tert-OH is 1. The van der Waals surface area contributed by atoms with Crippen molar-refractivity contribution in [3.8, 4) is 5.75 Å². The van der Waals surface area contributed by atoms with Gasteiger partial charge >= 0.3 is 0 Å². The summed E-state index contributed by atoms with van der Waals surface area (Å²) >= 11 is 0. The van der Waals surface area contributed by atoms with E-state index in [1.807, 2.05) is 48.5 Å². The minimum atomic E-state index is -1.14. The zero-order valence-corrected chi connectivity index (χ0v) is 11.5. The Bertz CT molecular complexity index is 564. The summed E-state index contributed by atoms with van der Waals surface area (Å²) in [6, 6.07) is 14.8. The highest BCUT2D eigenvalue weighted by Gasteiger charge is 2.10. The Morgan fingerprint density at radius 1 is 1.05 bits per heavy atom. The first kappa shape index (κ1) is 13.8. The van der Waals surface area contributed by atoms with Crippen molar-refractivity contribution in [1.29, 1.82) is 0 Å². The minimum Gasteiger partial charge on any atom is -0.495 e. The van der Waals surface area contributed by atoms with E-state index in [2.05, 4.69) is 0 Å². The molecule has 1 N–H and O–H groups in total. The molecule has 0 fully saturated rings. The summed E-state index contributed by atoms with van der Waals surface area (Å²) in [5, 5.41) is 8.98. The molecule has 0 amide bonds. The Hall–Kier alpha value is -1.65. The molecule has 1 unspecified atom stereocenters. The third-order valence-electron chi connectivity index (χ3n) is 2.82. The van der Waals surface area contributed by atoms with Crippen LogP contribution in [-0.4, -0.2) is 16.4 Å². The lowest BCUT2D eigenvalue weighted by Gasteiger charge is -2.08. The van der Waals surface area contributed by atoms with Gasteiger partial charge in [-0.25, -0.2) is 0 Å². The van der Waals surface area contributed by atoms with Crippen LogP contribution in [0.1, 0.15) is 11.1 Å². The highest BCUT2D eigenvalue weighted by Crippen LogP contribution is 2.23. The summed E-state index contributed by atoms with van der Waals surface area (Å²) < 4.78 is 17.5. The van der Waals surface area contributed by atoms with Gasteiger partial charge in [-0.15, -0.1) is 0 Å². The summed E-state index contributed by atoms with van der Waals surface area (Å²) in [6.45, 7) is 0.0237. The molecule has 0 aliphatic heterocycles. The fourth-order valence-electron chi connectivity index (χ4n) is 1.78. The molecule has 0 bridgehead atoms. The molecule has 0 radical (unpaired) electrons. The number of para-hydroxylation sites is 1. The topological polar surface area (TPSA) is 46.5 Å².